The maximum Gasteiger partial charge on any atom is 0.325 e. The predicted molar refractivity (Wildman–Crippen MR) is 64.0 cm³/mol. The summed E-state index contributed by atoms with van der Waals surface area (Å²) in [5, 5.41) is 0. The molecule has 0 aromatic heterocycles. The standard InChI is InChI=1S/C11H14BrNO2/c1-3-15-11(14)8-13(2)10-6-4-5-9(12)7-10/h4-7H,3,8H2,1-2H3. The quantitative estimate of drug-likeness (QED) is 0.788. The van der Waals surface area contributed by atoms with E-state index in [4.69, 9.17) is 4.74 Å². The van der Waals surface area contributed by atoms with Crippen LogP contribution in [0.1, 0.15) is 6.92 Å². The minimum atomic E-state index is -0.208. The second-order valence-corrected chi connectivity index (χ2v) is 4.06. The zero-order valence-corrected chi connectivity index (χ0v) is 10.5. The van der Waals surface area contributed by atoms with Crippen molar-refractivity contribution in [3.63, 3.8) is 0 Å². The lowest BCUT2D eigenvalue weighted by molar-refractivity contribution is -0.141. The summed E-state index contributed by atoms with van der Waals surface area (Å²) in [5.74, 6) is -0.208. The molecule has 1 aromatic carbocycles. The lowest BCUT2D eigenvalue weighted by atomic mass is 10.3. The van der Waals surface area contributed by atoms with Crippen molar-refractivity contribution in [2.24, 2.45) is 0 Å². The first-order chi connectivity index (χ1) is 7.13. The van der Waals surface area contributed by atoms with Crippen LogP contribution in [-0.2, 0) is 9.53 Å². The summed E-state index contributed by atoms with van der Waals surface area (Å²) >= 11 is 3.38. The minimum absolute atomic E-state index is 0.208. The van der Waals surface area contributed by atoms with Crippen LogP contribution >= 0.6 is 15.9 Å². The summed E-state index contributed by atoms with van der Waals surface area (Å²) in [4.78, 5) is 13.1. The highest BCUT2D eigenvalue weighted by Gasteiger charge is 2.07. The molecule has 0 saturated heterocycles. The van der Waals surface area contributed by atoms with Gasteiger partial charge >= 0.3 is 5.97 Å². The Morgan fingerprint density at radius 1 is 1.53 bits per heavy atom. The molecule has 0 fully saturated rings. The van der Waals surface area contributed by atoms with Gasteiger partial charge < -0.3 is 9.64 Å². The van der Waals surface area contributed by atoms with E-state index in [9.17, 15) is 4.79 Å². The lowest BCUT2D eigenvalue weighted by Gasteiger charge is -2.18. The highest BCUT2D eigenvalue weighted by molar-refractivity contribution is 9.10. The number of benzene rings is 1. The molecule has 4 heteroatoms. The molecule has 0 aliphatic carbocycles. The van der Waals surface area contributed by atoms with Crippen LogP contribution in [0.5, 0.6) is 0 Å². The summed E-state index contributed by atoms with van der Waals surface area (Å²) in [7, 11) is 1.86. The predicted octanol–water partition coefficient (Wildman–Crippen LogP) is 2.45. The van der Waals surface area contributed by atoms with Gasteiger partial charge in [0.15, 0.2) is 0 Å². The molecule has 15 heavy (non-hydrogen) atoms. The number of anilines is 1. The Balaban J connectivity index is 2.60. The van der Waals surface area contributed by atoms with E-state index in [-0.39, 0.29) is 12.5 Å². The van der Waals surface area contributed by atoms with Crippen LogP contribution in [0, 0.1) is 0 Å². The van der Waals surface area contributed by atoms with E-state index in [1.165, 1.54) is 0 Å². The summed E-state index contributed by atoms with van der Waals surface area (Å²) in [6.07, 6.45) is 0. The van der Waals surface area contributed by atoms with E-state index in [1.54, 1.807) is 6.92 Å². The van der Waals surface area contributed by atoms with E-state index in [1.807, 2.05) is 36.2 Å². The van der Waals surface area contributed by atoms with Crippen LogP contribution in [-0.4, -0.2) is 26.2 Å². The number of ether oxygens (including phenoxy) is 1. The van der Waals surface area contributed by atoms with Gasteiger partial charge in [-0.3, -0.25) is 4.79 Å². The monoisotopic (exact) mass is 271 g/mol. The summed E-state index contributed by atoms with van der Waals surface area (Å²) in [6.45, 7) is 2.49. The molecule has 0 radical (unpaired) electrons. The van der Waals surface area contributed by atoms with Crippen LogP contribution in [0.4, 0.5) is 5.69 Å². The maximum atomic E-state index is 11.2. The molecule has 0 N–H and O–H groups in total. The normalized spacial score (nSPS) is 9.80. The second-order valence-electron chi connectivity index (χ2n) is 3.14. The zero-order valence-electron chi connectivity index (χ0n) is 8.87. The van der Waals surface area contributed by atoms with Crippen LogP contribution in [0.3, 0.4) is 0 Å². The van der Waals surface area contributed by atoms with Crippen molar-refractivity contribution in [1.82, 2.24) is 0 Å². The van der Waals surface area contributed by atoms with Gasteiger partial charge in [-0.25, -0.2) is 0 Å². The van der Waals surface area contributed by atoms with Crippen molar-refractivity contribution in [1.29, 1.82) is 0 Å². The number of carbonyl (C=O) groups is 1. The topological polar surface area (TPSA) is 29.5 Å². The molecule has 0 aliphatic rings. The van der Waals surface area contributed by atoms with E-state index in [0.717, 1.165) is 10.2 Å². The average molecular weight is 272 g/mol. The van der Waals surface area contributed by atoms with Crippen LogP contribution in [0.25, 0.3) is 0 Å². The van der Waals surface area contributed by atoms with E-state index >= 15 is 0 Å². The third-order valence-electron chi connectivity index (χ3n) is 1.92. The van der Waals surface area contributed by atoms with Crippen molar-refractivity contribution in [3.05, 3.63) is 28.7 Å². The van der Waals surface area contributed by atoms with E-state index < -0.39 is 0 Å². The Labute approximate surface area is 98.2 Å². The second kappa shape index (κ2) is 5.75. The van der Waals surface area contributed by atoms with Crippen LogP contribution in [0.15, 0.2) is 28.7 Å². The molecule has 0 amide bonds. The van der Waals surface area contributed by atoms with Crippen molar-refractivity contribution in [2.75, 3.05) is 25.1 Å². The molecule has 0 unspecified atom stereocenters. The van der Waals surface area contributed by atoms with Crippen molar-refractivity contribution >= 4 is 27.6 Å². The Morgan fingerprint density at radius 2 is 2.27 bits per heavy atom. The zero-order chi connectivity index (χ0) is 11.3. The molecular formula is C11H14BrNO2. The number of nitrogens with zero attached hydrogens (tertiary/aromatic N) is 1. The van der Waals surface area contributed by atoms with Gasteiger partial charge in [0.2, 0.25) is 0 Å². The first kappa shape index (κ1) is 12.0. The van der Waals surface area contributed by atoms with Crippen molar-refractivity contribution in [3.8, 4) is 0 Å². The number of carbonyl (C=O) groups excluding carboxylic acids is 1. The van der Waals surface area contributed by atoms with Crippen molar-refractivity contribution < 1.29 is 9.53 Å². The van der Waals surface area contributed by atoms with Gasteiger partial charge in [-0.2, -0.15) is 0 Å². The molecule has 0 heterocycles. The van der Waals surface area contributed by atoms with Crippen LogP contribution < -0.4 is 4.90 Å². The van der Waals surface area contributed by atoms with Gasteiger partial charge in [0.25, 0.3) is 0 Å². The fourth-order valence-corrected chi connectivity index (χ4v) is 1.59. The number of hydrogen-bond donors (Lipinski definition) is 0. The summed E-state index contributed by atoms with van der Waals surface area (Å²) < 4.78 is 5.87. The Bertz CT molecular complexity index is 341. The Morgan fingerprint density at radius 3 is 2.87 bits per heavy atom. The molecule has 3 nitrogen and oxygen atoms in total. The molecule has 0 atom stereocenters. The Kier molecular flexibility index (Phi) is 4.62. The van der Waals surface area contributed by atoms with Crippen LogP contribution in [0.2, 0.25) is 0 Å². The first-order valence-corrected chi connectivity index (χ1v) is 5.55. The molecule has 0 spiro atoms. The van der Waals surface area contributed by atoms with Gasteiger partial charge in [-0.15, -0.1) is 0 Å². The molecule has 0 aliphatic heterocycles. The Hall–Kier alpha value is -1.03. The fraction of sp³-hybridized carbons (Fsp3) is 0.364. The summed E-state index contributed by atoms with van der Waals surface area (Å²) in [6, 6.07) is 7.78. The number of hydrogen-bond acceptors (Lipinski definition) is 3. The van der Waals surface area contributed by atoms with Gasteiger partial charge in [0.1, 0.15) is 6.54 Å². The molecular weight excluding hydrogens is 258 g/mol. The molecule has 82 valence electrons. The SMILES string of the molecule is CCOC(=O)CN(C)c1cccc(Br)c1. The van der Waals surface area contributed by atoms with Gasteiger partial charge in [0, 0.05) is 17.2 Å². The van der Waals surface area contributed by atoms with E-state index in [0.29, 0.717) is 6.61 Å². The molecule has 0 saturated carbocycles. The maximum absolute atomic E-state index is 11.2. The third kappa shape index (κ3) is 3.91. The number of esters is 1. The van der Waals surface area contributed by atoms with E-state index in [2.05, 4.69) is 15.9 Å². The number of rotatable bonds is 4. The largest absolute Gasteiger partial charge is 0.465 e. The van der Waals surface area contributed by atoms with Gasteiger partial charge in [-0.1, -0.05) is 22.0 Å². The fourth-order valence-electron chi connectivity index (χ4n) is 1.21. The van der Waals surface area contributed by atoms with Gasteiger partial charge in [0.05, 0.1) is 6.61 Å². The molecule has 0 bridgehead atoms. The number of likely N-dealkylation sites (N-methyl/N-ethyl adjacent to an activating group) is 1. The highest BCUT2D eigenvalue weighted by Crippen LogP contribution is 2.18. The minimum Gasteiger partial charge on any atom is -0.465 e. The third-order valence-corrected chi connectivity index (χ3v) is 2.41. The van der Waals surface area contributed by atoms with Crippen molar-refractivity contribution in [2.45, 2.75) is 6.92 Å². The van der Waals surface area contributed by atoms with Gasteiger partial charge in [-0.05, 0) is 25.1 Å². The molecule has 1 rings (SSSR count). The smallest absolute Gasteiger partial charge is 0.325 e. The molecule has 1 aromatic rings. The lowest BCUT2D eigenvalue weighted by Crippen LogP contribution is -2.27. The summed E-state index contributed by atoms with van der Waals surface area (Å²) in [5.41, 5.74) is 0.984. The first-order valence-electron chi connectivity index (χ1n) is 4.75. The average Bonchev–Trinajstić information content (AvgIpc) is 2.18. The highest BCUT2D eigenvalue weighted by atomic mass is 79.9. The number of halogens is 1.